The molecule has 0 spiro atoms. The van der Waals surface area contributed by atoms with Crippen LogP contribution in [-0.2, 0) is 6.54 Å². The Hall–Kier alpha value is -1.38. The zero-order valence-electron chi connectivity index (χ0n) is 11.6. The summed E-state index contributed by atoms with van der Waals surface area (Å²) in [5, 5.41) is 0. The molecule has 2 saturated heterocycles. The fourth-order valence-corrected chi connectivity index (χ4v) is 5.15. The van der Waals surface area contributed by atoms with Gasteiger partial charge in [-0.25, -0.2) is 9.38 Å². The quantitative estimate of drug-likeness (QED) is 0.698. The minimum Gasteiger partial charge on any atom is -0.352 e. The van der Waals surface area contributed by atoms with E-state index in [4.69, 9.17) is 4.99 Å². The molecule has 0 radical (unpaired) electrons. The summed E-state index contributed by atoms with van der Waals surface area (Å²) in [5.41, 5.74) is 2.06. The second-order valence-corrected chi connectivity index (χ2v) is 7.13. The van der Waals surface area contributed by atoms with Gasteiger partial charge in [-0.1, -0.05) is 6.07 Å². The van der Waals surface area contributed by atoms with Crippen LogP contribution in [0.1, 0.15) is 37.7 Å². The van der Waals surface area contributed by atoms with Gasteiger partial charge in [-0.2, -0.15) is 0 Å². The highest BCUT2D eigenvalue weighted by Crippen LogP contribution is 2.50. The number of hydrogen-bond donors (Lipinski definition) is 0. The van der Waals surface area contributed by atoms with Gasteiger partial charge in [0.2, 0.25) is 0 Å². The van der Waals surface area contributed by atoms with Crippen molar-refractivity contribution in [1.29, 1.82) is 0 Å². The van der Waals surface area contributed by atoms with E-state index in [1.165, 1.54) is 43.5 Å². The van der Waals surface area contributed by atoms with Crippen molar-refractivity contribution in [1.82, 2.24) is 4.90 Å². The fraction of sp³-hybridized carbons (Fsp3) is 0.588. The van der Waals surface area contributed by atoms with E-state index < -0.39 is 0 Å². The lowest BCUT2D eigenvalue weighted by Crippen LogP contribution is -2.41. The number of halogens is 1. The molecule has 20 heavy (non-hydrogen) atoms. The van der Waals surface area contributed by atoms with E-state index in [0.29, 0.717) is 12.0 Å². The number of fused-ring (bicyclic) bond motifs is 1. The predicted molar refractivity (Wildman–Crippen MR) is 76.4 cm³/mol. The highest BCUT2D eigenvalue weighted by atomic mass is 19.1. The van der Waals surface area contributed by atoms with Crippen molar-refractivity contribution >= 4 is 11.5 Å². The fourth-order valence-electron chi connectivity index (χ4n) is 5.15. The van der Waals surface area contributed by atoms with Gasteiger partial charge < -0.3 is 4.90 Å². The average Bonchev–Trinajstić information content (AvgIpc) is 2.59. The van der Waals surface area contributed by atoms with Crippen LogP contribution in [0.25, 0.3) is 0 Å². The van der Waals surface area contributed by atoms with Crippen LogP contribution in [0, 0.1) is 23.6 Å². The smallest absolute Gasteiger partial charge is 0.125 e. The molecule has 1 aromatic rings. The van der Waals surface area contributed by atoms with Gasteiger partial charge in [0.25, 0.3) is 0 Å². The molecule has 2 unspecified atom stereocenters. The summed E-state index contributed by atoms with van der Waals surface area (Å²) in [4.78, 5) is 7.45. The lowest BCUT2D eigenvalue weighted by Gasteiger charge is -2.39. The van der Waals surface area contributed by atoms with Crippen LogP contribution in [0.5, 0.6) is 0 Å². The first-order valence-electron chi connectivity index (χ1n) is 7.90. The highest BCUT2D eigenvalue weighted by molar-refractivity contribution is 5.90. The third-order valence-corrected chi connectivity index (χ3v) is 5.84. The van der Waals surface area contributed by atoms with Crippen molar-refractivity contribution in [2.24, 2.45) is 22.7 Å². The first kappa shape index (κ1) is 11.3. The second-order valence-electron chi connectivity index (χ2n) is 7.13. The lowest BCUT2D eigenvalue weighted by molar-refractivity contribution is 0.128. The van der Waals surface area contributed by atoms with Crippen LogP contribution in [-0.4, -0.2) is 16.8 Å². The van der Waals surface area contributed by atoms with Gasteiger partial charge in [0.15, 0.2) is 0 Å². The molecule has 6 rings (SSSR count). The first-order chi connectivity index (χ1) is 9.76. The van der Waals surface area contributed by atoms with Gasteiger partial charge in [-0.3, -0.25) is 0 Å². The van der Waals surface area contributed by atoms with E-state index in [1.807, 2.05) is 6.07 Å². The van der Waals surface area contributed by atoms with E-state index in [9.17, 15) is 4.39 Å². The summed E-state index contributed by atoms with van der Waals surface area (Å²) in [6.45, 7) is 0.940. The van der Waals surface area contributed by atoms with E-state index in [-0.39, 0.29) is 5.82 Å². The van der Waals surface area contributed by atoms with Gasteiger partial charge in [-0.05, 0) is 61.6 Å². The third kappa shape index (κ3) is 1.52. The Morgan fingerprint density at radius 2 is 1.85 bits per heavy atom. The molecule has 5 aliphatic rings. The lowest BCUT2D eigenvalue weighted by atomic mass is 9.68. The van der Waals surface area contributed by atoms with Crippen LogP contribution < -0.4 is 0 Å². The minimum absolute atomic E-state index is 0.166. The van der Waals surface area contributed by atoms with E-state index in [0.717, 1.165) is 24.1 Å². The average molecular weight is 270 g/mol. The zero-order chi connectivity index (χ0) is 13.3. The van der Waals surface area contributed by atoms with Crippen LogP contribution in [0.3, 0.4) is 0 Å². The van der Waals surface area contributed by atoms with Crippen LogP contribution >= 0.6 is 0 Å². The Balaban J connectivity index is 1.64. The molecule has 2 aliphatic carbocycles. The van der Waals surface area contributed by atoms with Crippen molar-refractivity contribution in [2.75, 3.05) is 0 Å². The molecule has 0 aromatic heterocycles. The van der Waals surface area contributed by atoms with E-state index in [1.54, 1.807) is 12.1 Å². The third-order valence-electron chi connectivity index (χ3n) is 5.84. The molecule has 3 aliphatic heterocycles. The molecule has 4 bridgehead atoms. The molecule has 1 aromatic carbocycles. The van der Waals surface area contributed by atoms with Gasteiger partial charge in [0, 0.05) is 18.5 Å². The second kappa shape index (κ2) is 3.84. The van der Waals surface area contributed by atoms with Crippen LogP contribution in [0.15, 0.2) is 23.2 Å². The van der Waals surface area contributed by atoms with Crippen molar-refractivity contribution in [3.05, 3.63) is 29.6 Å². The maximum Gasteiger partial charge on any atom is 0.125 e. The number of aliphatic imine (C=N–C) groups is 1. The molecule has 0 N–H and O–H groups in total. The molecular weight excluding hydrogens is 251 g/mol. The highest BCUT2D eigenvalue weighted by Gasteiger charge is 2.46. The number of nitrogens with zero attached hydrogens (tertiary/aromatic N) is 2. The summed E-state index contributed by atoms with van der Waals surface area (Å²) in [6.07, 6.45) is 6.76. The van der Waals surface area contributed by atoms with Crippen molar-refractivity contribution < 1.29 is 4.39 Å². The maximum absolute atomic E-state index is 13.5. The topological polar surface area (TPSA) is 15.6 Å². The first-order valence-corrected chi connectivity index (χ1v) is 7.90. The summed E-state index contributed by atoms with van der Waals surface area (Å²) in [5.74, 6) is 3.55. The molecule has 2 atom stereocenters. The summed E-state index contributed by atoms with van der Waals surface area (Å²) in [6, 6.07) is 5.78. The van der Waals surface area contributed by atoms with Gasteiger partial charge in [0.1, 0.15) is 11.7 Å². The van der Waals surface area contributed by atoms with Gasteiger partial charge >= 0.3 is 0 Å². The molecule has 4 fully saturated rings. The van der Waals surface area contributed by atoms with Crippen LogP contribution in [0.4, 0.5) is 10.1 Å². The number of hydrogen-bond acceptors (Lipinski definition) is 2. The number of amidine groups is 1. The molecular formula is C17H19FN2. The standard InChI is InChI=1S/C17H19FN2/c18-14-2-1-12-9-20-15-6-10-3-11(7-15)5-13(4-10)17(20)19-16(12)8-14/h1-2,8,10-11,13,15H,3-7,9H2. The van der Waals surface area contributed by atoms with E-state index in [2.05, 4.69) is 4.90 Å². The summed E-state index contributed by atoms with van der Waals surface area (Å²) < 4.78 is 13.5. The Kier molecular flexibility index (Phi) is 2.17. The number of rotatable bonds is 0. The molecule has 2 saturated carbocycles. The SMILES string of the molecule is Fc1ccc2c(c1)N=C1C3CC4CC(C3)CC(C4)N1C2. The Labute approximate surface area is 118 Å². The molecule has 2 nitrogen and oxygen atoms in total. The molecule has 3 heterocycles. The zero-order valence-corrected chi connectivity index (χ0v) is 11.6. The van der Waals surface area contributed by atoms with Crippen molar-refractivity contribution in [3.8, 4) is 0 Å². The van der Waals surface area contributed by atoms with Gasteiger partial charge in [-0.15, -0.1) is 0 Å². The number of benzene rings is 1. The van der Waals surface area contributed by atoms with Crippen LogP contribution in [0.2, 0.25) is 0 Å². The normalized spacial score (nSPS) is 37.2. The van der Waals surface area contributed by atoms with Crippen molar-refractivity contribution in [2.45, 2.75) is 44.7 Å². The Bertz CT molecular complexity index is 595. The predicted octanol–water partition coefficient (Wildman–Crippen LogP) is 3.88. The largest absolute Gasteiger partial charge is 0.352 e. The Morgan fingerprint density at radius 3 is 2.65 bits per heavy atom. The maximum atomic E-state index is 13.5. The summed E-state index contributed by atoms with van der Waals surface area (Å²) in [7, 11) is 0. The molecule has 3 heteroatoms. The van der Waals surface area contributed by atoms with E-state index >= 15 is 0 Å². The monoisotopic (exact) mass is 270 g/mol. The Morgan fingerprint density at radius 1 is 1.05 bits per heavy atom. The minimum atomic E-state index is -0.166. The molecule has 0 amide bonds. The summed E-state index contributed by atoms with van der Waals surface area (Å²) >= 11 is 0. The van der Waals surface area contributed by atoms with Crippen molar-refractivity contribution in [3.63, 3.8) is 0 Å². The molecule has 104 valence electrons. The van der Waals surface area contributed by atoms with Gasteiger partial charge in [0.05, 0.1) is 5.69 Å².